The number of aromatic amines is 1. The van der Waals surface area contributed by atoms with Crippen molar-refractivity contribution in [1.29, 1.82) is 0 Å². The molecule has 1 saturated carbocycles. The molecule has 0 radical (unpaired) electrons. The average Bonchev–Trinajstić information content (AvgIpc) is 3.54. The molecular weight excluding hydrogens is 554 g/mol. The van der Waals surface area contributed by atoms with E-state index < -0.39 is 18.0 Å². The summed E-state index contributed by atoms with van der Waals surface area (Å²) in [7, 11) is 0. The zero-order valence-electron chi connectivity index (χ0n) is 25.0. The number of H-pyrrole nitrogens is 1. The summed E-state index contributed by atoms with van der Waals surface area (Å²) in [5, 5.41) is 5.84. The Morgan fingerprint density at radius 1 is 0.955 bits per heavy atom. The van der Waals surface area contributed by atoms with Crippen molar-refractivity contribution in [2.75, 3.05) is 13.1 Å². The van der Waals surface area contributed by atoms with E-state index in [0.29, 0.717) is 12.2 Å². The maximum Gasteiger partial charge on any atom is 0.408 e. The molecule has 9 nitrogen and oxygen atoms in total. The molecule has 5 rings (SSSR count). The number of rotatable bonds is 13. The van der Waals surface area contributed by atoms with Gasteiger partial charge in [0, 0.05) is 31.1 Å². The van der Waals surface area contributed by atoms with E-state index in [9.17, 15) is 14.4 Å². The molecule has 0 aliphatic heterocycles. The van der Waals surface area contributed by atoms with Gasteiger partial charge in [0.1, 0.15) is 12.6 Å². The Hall–Kier alpha value is -4.92. The van der Waals surface area contributed by atoms with Crippen molar-refractivity contribution >= 4 is 17.9 Å². The van der Waals surface area contributed by atoms with Gasteiger partial charge in [-0.05, 0) is 36.5 Å². The molecule has 1 fully saturated rings. The van der Waals surface area contributed by atoms with Gasteiger partial charge in [-0.1, -0.05) is 96.9 Å². The van der Waals surface area contributed by atoms with E-state index in [4.69, 9.17) is 4.74 Å². The zero-order valence-corrected chi connectivity index (χ0v) is 25.0. The summed E-state index contributed by atoms with van der Waals surface area (Å²) >= 11 is 0. The number of carbonyl (C=O) groups is 3. The Labute approximate surface area is 258 Å². The van der Waals surface area contributed by atoms with Gasteiger partial charge in [0.05, 0.1) is 18.6 Å². The fourth-order valence-electron chi connectivity index (χ4n) is 5.52. The van der Waals surface area contributed by atoms with Crippen LogP contribution < -0.4 is 10.6 Å². The van der Waals surface area contributed by atoms with Crippen LogP contribution in [0.1, 0.15) is 47.2 Å². The maximum absolute atomic E-state index is 14.1. The number of benzene rings is 3. The van der Waals surface area contributed by atoms with Gasteiger partial charge in [0.15, 0.2) is 0 Å². The molecule has 1 heterocycles. The van der Waals surface area contributed by atoms with E-state index in [-0.39, 0.29) is 37.4 Å². The minimum atomic E-state index is -0.998. The Morgan fingerprint density at radius 2 is 1.66 bits per heavy atom. The number of amides is 3. The number of nitrogens with zero attached hydrogens (tertiary/aromatic N) is 2. The molecule has 9 heteroatoms. The Balaban J connectivity index is 1.30. The number of ether oxygens (including phenoxy) is 1. The van der Waals surface area contributed by atoms with Crippen LogP contribution in [0.15, 0.2) is 97.5 Å². The van der Waals surface area contributed by atoms with Crippen molar-refractivity contribution in [2.45, 2.75) is 57.2 Å². The number of aryl methyl sites for hydroxylation is 1. The summed E-state index contributed by atoms with van der Waals surface area (Å²) in [6, 6.07) is 26.4. The smallest absolute Gasteiger partial charge is 0.408 e. The van der Waals surface area contributed by atoms with Gasteiger partial charge in [-0.2, -0.15) is 0 Å². The second-order valence-corrected chi connectivity index (χ2v) is 11.5. The number of carbonyl (C=O) groups excluding carboxylic acids is 3. The van der Waals surface area contributed by atoms with Gasteiger partial charge in [-0.15, -0.1) is 0 Å². The van der Waals surface area contributed by atoms with Crippen molar-refractivity contribution in [2.24, 2.45) is 0 Å². The first-order valence-electron chi connectivity index (χ1n) is 15.0. The molecule has 1 atom stereocenters. The lowest BCUT2D eigenvalue weighted by Gasteiger charge is -2.42. The fraction of sp³-hybridized carbons (Fsp3) is 0.314. The molecule has 44 heavy (non-hydrogen) atoms. The Bertz CT molecular complexity index is 1500. The molecule has 3 N–H and O–H groups in total. The SMILES string of the molecule is Cc1ccc(CN(CC(=O)NCC2(c3ccccc3)CCC2)C(=O)C(Cc2c[nH]cn2)NC(=O)OCc2ccccc2)cc1. The molecule has 1 aromatic heterocycles. The van der Waals surface area contributed by atoms with Crippen LogP contribution in [0, 0.1) is 6.92 Å². The molecule has 0 bridgehead atoms. The van der Waals surface area contributed by atoms with Crippen molar-refractivity contribution in [3.63, 3.8) is 0 Å². The third kappa shape index (κ3) is 8.12. The minimum Gasteiger partial charge on any atom is -0.445 e. The van der Waals surface area contributed by atoms with Crippen LogP contribution in [-0.4, -0.2) is 51.9 Å². The molecule has 1 aliphatic carbocycles. The van der Waals surface area contributed by atoms with E-state index in [1.807, 2.05) is 79.7 Å². The molecule has 228 valence electrons. The van der Waals surface area contributed by atoms with Crippen LogP contribution in [0.5, 0.6) is 0 Å². The molecule has 4 aromatic rings. The van der Waals surface area contributed by atoms with Gasteiger partial charge < -0.3 is 25.3 Å². The zero-order chi connectivity index (χ0) is 30.8. The van der Waals surface area contributed by atoms with E-state index in [2.05, 4.69) is 32.7 Å². The lowest BCUT2D eigenvalue weighted by molar-refractivity contribution is -0.138. The summed E-state index contributed by atoms with van der Waals surface area (Å²) in [6.45, 7) is 2.61. The lowest BCUT2D eigenvalue weighted by Crippen LogP contribution is -2.53. The number of alkyl carbamates (subject to hydrolysis) is 1. The molecule has 3 aromatic carbocycles. The van der Waals surface area contributed by atoms with Gasteiger partial charge in [0.25, 0.3) is 0 Å². The highest BCUT2D eigenvalue weighted by atomic mass is 16.5. The van der Waals surface area contributed by atoms with Crippen LogP contribution in [-0.2, 0) is 39.3 Å². The third-order valence-electron chi connectivity index (χ3n) is 8.23. The number of nitrogens with one attached hydrogen (secondary N) is 3. The first kappa shape index (κ1) is 30.5. The van der Waals surface area contributed by atoms with E-state index in [1.54, 1.807) is 6.20 Å². The molecule has 3 amide bonds. The average molecular weight is 594 g/mol. The summed E-state index contributed by atoms with van der Waals surface area (Å²) in [5.74, 6) is -0.653. The van der Waals surface area contributed by atoms with Crippen LogP contribution >= 0.6 is 0 Å². The highest BCUT2D eigenvalue weighted by Crippen LogP contribution is 2.43. The van der Waals surface area contributed by atoms with E-state index in [0.717, 1.165) is 36.0 Å². The van der Waals surface area contributed by atoms with Crippen molar-refractivity contribution in [3.8, 4) is 0 Å². The summed E-state index contributed by atoms with van der Waals surface area (Å²) in [5.41, 5.74) is 4.53. The topological polar surface area (TPSA) is 116 Å². The highest BCUT2D eigenvalue weighted by molar-refractivity contribution is 5.89. The van der Waals surface area contributed by atoms with Crippen LogP contribution in [0.3, 0.4) is 0 Å². The predicted octanol–water partition coefficient (Wildman–Crippen LogP) is 4.82. The van der Waals surface area contributed by atoms with Crippen molar-refractivity contribution in [3.05, 3.63) is 125 Å². The lowest BCUT2D eigenvalue weighted by atomic mass is 9.64. The summed E-state index contributed by atoms with van der Waals surface area (Å²) < 4.78 is 5.43. The summed E-state index contributed by atoms with van der Waals surface area (Å²) in [4.78, 5) is 49.0. The Morgan fingerprint density at radius 3 is 2.30 bits per heavy atom. The van der Waals surface area contributed by atoms with Gasteiger partial charge >= 0.3 is 6.09 Å². The first-order valence-corrected chi connectivity index (χ1v) is 15.0. The predicted molar refractivity (Wildman–Crippen MR) is 167 cm³/mol. The van der Waals surface area contributed by atoms with Gasteiger partial charge in [-0.25, -0.2) is 9.78 Å². The largest absolute Gasteiger partial charge is 0.445 e. The highest BCUT2D eigenvalue weighted by Gasteiger charge is 2.39. The molecule has 0 spiro atoms. The van der Waals surface area contributed by atoms with Crippen LogP contribution in [0.2, 0.25) is 0 Å². The monoisotopic (exact) mass is 593 g/mol. The number of aromatic nitrogens is 2. The first-order chi connectivity index (χ1) is 21.4. The van der Waals surface area contributed by atoms with Gasteiger partial charge in [-0.3, -0.25) is 9.59 Å². The summed E-state index contributed by atoms with van der Waals surface area (Å²) in [6.07, 6.45) is 5.72. The number of hydrogen-bond acceptors (Lipinski definition) is 5. The minimum absolute atomic E-state index is 0.0641. The molecule has 1 unspecified atom stereocenters. The van der Waals surface area contributed by atoms with Gasteiger partial charge in [0.2, 0.25) is 11.8 Å². The fourth-order valence-corrected chi connectivity index (χ4v) is 5.52. The quantitative estimate of drug-likeness (QED) is 0.206. The standard InChI is InChI=1S/C35H39N5O4/c1-26-13-15-27(16-14-26)21-40(22-32(41)37-24-35(17-8-18-35)29-11-6-3-7-12-29)33(42)31(19-30-20-36-25-38-30)39-34(43)44-23-28-9-4-2-5-10-28/h2-7,9-16,20,25,31H,8,17-19,21-24H2,1H3,(H,36,38)(H,37,41)(H,39,43). The van der Waals surface area contributed by atoms with Crippen LogP contribution in [0.4, 0.5) is 4.79 Å². The maximum atomic E-state index is 14.1. The van der Waals surface area contributed by atoms with Crippen LogP contribution in [0.25, 0.3) is 0 Å². The Kier molecular flexibility index (Phi) is 10.1. The number of hydrogen-bond donors (Lipinski definition) is 3. The van der Waals surface area contributed by atoms with Crippen molar-refractivity contribution in [1.82, 2.24) is 25.5 Å². The molecule has 1 aliphatic rings. The second-order valence-electron chi connectivity index (χ2n) is 11.5. The van der Waals surface area contributed by atoms with E-state index in [1.165, 1.54) is 16.8 Å². The number of imidazole rings is 1. The third-order valence-corrected chi connectivity index (χ3v) is 8.23. The molecule has 0 saturated heterocycles. The second kappa shape index (κ2) is 14.5. The normalized spacial score (nSPS) is 14.1. The van der Waals surface area contributed by atoms with E-state index >= 15 is 0 Å². The van der Waals surface area contributed by atoms with Crippen molar-refractivity contribution < 1.29 is 19.1 Å². The molecular formula is C35H39N5O4.